The van der Waals surface area contributed by atoms with Gasteiger partial charge in [-0.25, -0.2) is 0 Å². The highest BCUT2D eigenvalue weighted by Crippen LogP contribution is 2.12. The Balaban J connectivity index is 1.85. The molecule has 0 aliphatic carbocycles. The van der Waals surface area contributed by atoms with Gasteiger partial charge < -0.3 is 5.32 Å². The van der Waals surface area contributed by atoms with Crippen LogP contribution in [0.15, 0.2) is 18.3 Å². The van der Waals surface area contributed by atoms with Crippen molar-refractivity contribution in [2.45, 2.75) is 32.4 Å². The van der Waals surface area contributed by atoms with Crippen LogP contribution in [0, 0.1) is 0 Å². The maximum atomic E-state index is 4.13. The largest absolute Gasteiger partial charge is 0.313 e. The molecule has 4 heteroatoms. The van der Waals surface area contributed by atoms with Crippen molar-refractivity contribution in [1.82, 2.24) is 20.4 Å². The van der Waals surface area contributed by atoms with Crippen molar-refractivity contribution >= 4 is 0 Å². The molecule has 1 unspecified atom stereocenters. The Morgan fingerprint density at radius 3 is 3.25 bits per heavy atom. The van der Waals surface area contributed by atoms with Gasteiger partial charge in [0.1, 0.15) is 0 Å². The van der Waals surface area contributed by atoms with Gasteiger partial charge in [0, 0.05) is 25.3 Å². The third kappa shape index (κ3) is 3.25. The normalized spacial score (nSPS) is 22.2. The van der Waals surface area contributed by atoms with Crippen LogP contribution in [0.25, 0.3) is 0 Å². The second-order valence-electron chi connectivity index (χ2n) is 4.35. The first kappa shape index (κ1) is 11.5. The Morgan fingerprint density at radius 1 is 1.56 bits per heavy atom. The van der Waals surface area contributed by atoms with E-state index in [0.717, 1.165) is 25.3 Å². The lowest BCUT2D eigenvalue weighted by Gasteiger charge is -2.32. The Morgan fingerprint density at radius 2 is 2.50 bits per heavy atom. The van der Waals surface area contributed by atoms with Gasteiger partial charge in [0.25, 0.3) is 0 Å². The highest BCUT2D eigenvalue weighted by Gasteiger charge is 2.19. The number of piperidine rings is 1. The lowest BCUT2D eigenvalue weighted by Crippen LogP contribution is -2.45. The predicted molar refractivity (Wildman–Crippen MR) is 64.0 cm³/mol. The van der Waals surface area contributed by atoms with Gasteiger partial charge in [-0.2, -0.15) is 10.2 Å². The summed E-state index contributed by atoms with van der Waals surface area (Å²) in [4.78, 5) is 2.46. The fourth-order valence-electron chi connectivity index (χ4n) is 2.30. The first-order chi connectivity index (χ1) is 7.88. The Bertz CT molecular complexity index is 299. The van der Waals surface area contributed by atoms with Gasteiger partial charge in [0.2, 0.25) is 0 Å². The second kappa shape index (κ2) is 5.92. The molecule has 0 saturated carbocycles. The summed E-state index contributed by atoms with van der Waals surface area (Å²) >= 11 is 0. The van der Waals surface area contributed by atoms with Crippen LogP contribution in [0.5, 0.6) is 0 Å². The predicted octanol–water partition coefficient (Wildman–Crippen LogP) is 1.05. The Hall–Kier alpha value is -1.00. The average molecular weight is 220 g/mol. The van der Waals surface area contributed by atoms with Crippen LogP contribution in [0.4, 0.5) is 0 Å². The third-order valence-electron chi connectivity index (χ3n) is 3.01. The number of aromatic nitrogens is 2. The van der Waals surface area contributed by atoms with Gasteiger partial charge in [0.15, 0.2) is 0 Å². The summed E-state index contributed by atoms with van der Waals surface area (Å²) in [5.74, 6) is 0. The fourth-order valence-corrected chi connectivity index (χ4v) is 2.30. The molecule has 0 spiro atoms. The van der Waals surface area contributed by atoms with Crippen LogP contribution in [-0.4, -0.2) is 40.8 Å². The lowest BCUT2D eigenvalue weighted by molar-refractivity contribution is 0.182. The third-order valence-corrected chi connectivity index (χ3v) is 3.01. The smallest absolute Gasteiger partial charge is 0.0771 e. The van der Waals surface area contributed by atoms with Crippen LogP contribution in [0.3, 0.4) is 0 Å². The minimum Gasteiger partial charge on any atom is -0.313 e. The van der Waals surface area contributed by atoms with Crippen molar-refractivity contribution in [2.24, 2.45) is 0 Å². The average Bonchev–Trinajstić information content (AvgIpc) is 2.31. The summed E-state index contributed by atoms with van der Waals surface area (Å²) in [5.41, 5.74) is 1.07. The van der Waals surface area contributed by atoms with Gasteiger partial charge in [-0.05, 0) is 38.1 Å². The molecule has 1 aliphatic rings. The van der Waals surface area contributed by atoms with Crippen molar-refractivity contribution in [2.75, 3.05) is 19.6 Å². The molecule has 1 aliphatic heterocycles. The molecule has 0 aromatic carbocycles. The molecule has 2 rings (SSSR count). The highest BCUT2D eigenvalue weighted by atomic mass is 15.2. The summed E-state index contributed by atoms with van der Waals surface area (Å²) in [6, 6.07) is 4.65. The number of rotatable bonds is 4. The van der Waals surface area contributed by atoms with E-state index in [1.165, 1.54) is 19.4 Å². The zero-order valence-electron chi connectivity index (χ0n) is 9.89. The monoisotopic (exact) mass is 220 g/mol. The first-order valence-corrected chi connectivity index (χ1v) is 6.11. The molecule has 1 aromatic rings. The van der Waals surface area contributed by atoms with Crippen molar-refractivity contribution in [3.05, 3.63) is 24.0 Å². The molecule has 2 heterocycles. The standard InChI is InChI=1S/C12H20N4/c1-2-13-11-6-4-8-16(9-11)10-12-5-3-7-14-15-12/h3,5,7,11,13H,2,4,6,8-10H2,1H3. The fraction of sp³-hybridized carbons (Fsp3) is 0.667. The number of likely N-dealkylation sites (N-methyl/N-ethyl adjacent to an activating group) is 1. The molecule has 1 saturated heterocycles. The van der Waals surface area contributed by atoms with Crippen molar-refractivity contribution in [1.29, 1.82) is 0 Å². The van der Waals surface area contributed by atoms with E-state index >= 15 is 0 Å². The number of hydrogen-bond donors (Lipinski definition) is 1. The summed E-state index contributed by atoms with van der Waals surface area (Å²) in [5, 5.41) is 11.6. The Kier molecular flexibility index (Phi) is 4.25. The van der Waals surface area contributed by atoms with E-state index < -0.39 is 0 Å². The quantitative estimate of drug-likeness (QED) is 0.823. The zero-order chi connectivity index (χ0) is 11.2. The van der Waals surface area contributed by atoms with Crippen LogP contribution in [0.2, 0.25) is 0 Å². The van der Waals surface area contributed by atoms with E-state index in [2.05, 4.69) is 27.3 Å². The molecule has 1 N–H and O–H groups in total. The van der Waals surface area contributed by atoms with E-state index in [0.29, 0.717) is 6.04 Å². The molecule has 0 amide bonds. The number of likely N-dealkylation sites (tertiary alicyclic amines) is 1. The van der Waals surface area contributed by atoms with E-state index in [-0.39, 0.29) is 0 Å². The summed E-state index contributed by atoms with van der Waals surface area (Å²) in [6.45, 7) is 6.46. The molecule has 88 valence electrons. The maximum Gasteiger partial charge on any atom is 0.0771 e. The van der Waals surface area contributed by atoms with Crippen LogP contribution >= 0.6 is 0 Å². The maximum absolute atomic E-state index is 4.13. The van der Waals surface area contributed by atoms with Gasteiger partial charge >= 0.3 is 0 Å². The number of nitrogens with zero attached hydrogens (tertiary/aromatic N) is 3. The molecule has 1 aromatic heterocycles. The van der Waals surface area contributed by atoms with Gasteiger partial charge in [-0.3, -0.25) is 4.90 Å². The Labute approximate surface area is 97.1 Å². The number of hydrogen-bond acceptors (Lipinski definition) is 4. The molecule has 0 radical (unpaired) electrons. The van der Waals surface area contributed by atoms with Gasteiger partial charge in [-0.1, -0.05) is 6.92 Å². The van der Waals surface area contributed by atoms with Crippen LogP contribution in [0.1, 0.15) is 25.5 Å². The van der Waals surface area contributed by atoms with E-state index in [1.807, 2.05) is 12.1 Å². The van der Waals surface area contributed by atoms with Gasteiger partial charge in [0.05, 0.1) is 5.69 Å². The highest BCUT2D eigenvalue weighted by molar-refractivity contribution is 4.99. The molecule has 1 atom stereocenters. The second-order valence-corrected chi connectivity index (χ2v) is 4.35. The van der Waals surface area contributed by atoms with Crippen molar-refractivity contribution in [3.63, 3.8) is 0 Å². The molecule has 1 fully saturated rings. The summed E-state index contributed by atoms with van der Waals surface area (Å²) in [6.07, 6.45) is 4.30. The molecule has 4 nitrogen and oxygen atoms in total. The first-order valence-electron chi connectivity index (χ1n) is 6.11. The zero-order valence-corrected chi connectivity index (χ0v) is 9.89. The molecule has 0 bridgehead atoms. The summed E-state index contributed by atoms with van der Waals surface area (Å²) in [7, 11) is 0. The molecular formula is C12H20N4. The lowest BCUT2D eigenvalue weighted by atomic mass is 10.1. The van der Waals surface area contributed by atoms with Gasteiger partial charge in [-0.15, -0.1) is 0 Å². The minimum atomic E-state index is 0.649. The number of nitrogens with one attached hydrogen (secondary N) is 1. The van der Waals surface area contributed by atoms with Crippen molar-refractivity contribution < 1.29 is 0 Å². The van der Waals surface area contributed by atoms with Crippen molar-refractivity contribution in [3.8, 4) is 0 Å². The minimum absolute atomic E-state index is 0.649. The van der Waals surface area contributed by atoms with Crippen LogP contribution in [-0.2, 0) is 6.54 Å². The topological polar surface area (TPSA) is 41.0 Å². The SMILES string of the molecule is CCNC1CCCN(Cc2cccnn2)C1. The van der Waals surface area contributed by atoms with E-state index in [1.54, 1.807) is 6.20 Å². The summed E-state index contributed by atoms with van der Waals surface area (Å²) < 4.78 is 0. The van der Waals surface area contributed by atoms with E-state index in [9.17, 15) is 0 Å². The van der Waals surface area contributed by atoms with E-state index in [4.69, 9.17) is 0 Å². The van der Waals surface area contributed by atoms with Crippen LogP contribution < -0.4 is 5.32 Å². The molecule has 16 heavy (non-hydrogen) atoms. The molecular weight excluding hydrogens is 200 g/mol.